The van der Waals surface area contributed by atoms with Crippen LogP contribution in [0.25, 0.3) is 0 Å². The molecule has 0 saturated carbocycles. The van der Waals surface area contributed by atoms with Gasteiger partial charge >= 0.3 is 6.36 Å². The summed E-state index contributed by atoms with van der Waals surface area (Å²) in [5.74, 6) is 0.166. The Kier molecular flexibility index (Phi) is 9.51. The summed E-state index contributed by atoms with van der Waals surface area (Å²) in [6.45, 7) is 14.3. The quantitative estimate of drug-likeness (QED) is 0.277. The maximum absolute atomic E-state index is 12.7. The summed E-state index contributed by atoms with van der Waals surface area (Å²) in [5.41, 5.74) is 2.18. The van der Waals surface area contributed by atoms with Gasteiger partial charge in [0.2, 0.25) is 0 Å². The first-order chi connectivity index (χ1) is 13.6. The minimum Gasteiger partial charge on any atom is -0.405 e. The highest BCUT2D eigenvalue weighted by atomic mass is 19.4. The summed E-state index contributed by atoms with van der Waals surface area (Å²) >= 11 is 0. The molecule has 1 aromatic rings. The van der Waals surface area contributed by atoms with Crippen LogP contribution in [0.15, 0.2) is 65.7 Å². The molecule has 0 spiro atoms. The maximum Gasteiger partial charge on any atom is 0.573 e. The van der Waals surface area contributed by atoms with Crippen LogP contribution in [-0.4, -0.2) is 30.6 Å². The zero-order valence-electron chi connectivity index (χ0n) is 17.6. The highest BCUT2D eigenvalue weighted by Gasteiger charge is 2.32. The SMILES string of the molecule is C=CNC(/N=C(\C)c1ccccc1OC(F)(F)F)=C(/C)C(=C)N(C)CCCCC. The number of benzene rings is 1. The van der Waals surface area contributed by atoms with E-state index in [2.05, 4.69) is 35.1 Å². The average molecular weight is 409 g/mol. The Labute approximate surface area is 171 Å². The fraction of sp³-hybridized carbons (Fsp3) is 0.409. The summed E-state index contributed by atoms with van der Waals surface area (Å²) in [5, 5.41) is 2.96. The van der Waals surface area contributed by atoms with Gasteiger partial charge in [-0.2, -0.15) is 0 Å². The van der Waals surface area contributed by atoms with Gasteiger partial charge in [-0.15, -0.1) is 13.2 Å². The van der Waals surface area contributed by atoms with E-state index in [0.29, 0.717) is 11.5 Å². The van der Waals surface area contributed by atoms with Crippen molar-refractivity contribution < 1.29 is 17.9 Å². The fourth-order valence-corrected chi connectivity index (χ4v) is 2.69. The molecule has 1 rings (SSSR count). The topological polar surface area (TPSA) is 36.9 Å². The Bertz CT molecular complexity index is 767. The van der Waals surface area contributed by atoms with Gasteiger partial charge in [-0.1, -0.05) is 45.1 Å². The first-order valence-corrected chi connectivity index (χ1v) is 9.49. The number of alkyl halides is 3. The first-order valence-electron chi connectivity index (χ1n) is 9.49. The van der Waals surface area contributed by atoms with Crippen molar-refractivity contribution >= 4 is 5.71 Å². The number of allylic oxidation sites excluding steroid dienone is 1. The number of likely N-dealkylation sites (N-methyl/N-ethyl adjacent to an activating group) is 1. The monoisotopic (exact) mass is 409 g/mol. The largest absolute Gasteiger partial charge is 0.573 e. The van der Waals surface area contributed by atoms with Gasteiger partial charge < -0.3 is 15.0 Å². The molecule has 1 N–H and O–H groups in total. The van der Waals surface area contributed by atoms with Crippen molar-refractivity contribution in [3.8, 4) is 5.75 Å². The number of hydrogen-bond donors (Lipinski definition) is 1. The van der Waals surface area contributed by atoms with Crippen LogP contribution >= 0.6 is 0 Å². The molecule has 4 nitrogen and oxygen atoms in total. The van der Waals surface area contributed by atoms with Crippen LogP contribution in [0.4, 0.5) is 13.2 Å². The van der Waals surface area contributed by atoms with Crippen LogP contribution in [0.5, 0.6) is 5.75 Å². The van der Waals surface area contributed by atoms with Gasteiger partial charge in [0.25, 0.3) is 0 Å². The van der Waals surface area contributed by atoms with Gasteiger partial charge in [0.05, 0.1) is 5.71 Å². The summed E-state index contributed by atoms with van der Waals surface area (Å²) in [4.78, 5) is 6.55. The van der Waals surface area contributed by atoms with E-state index in [1.165, 1.54) is 24.4 Å². The smallest absolute Gasteiger partial charge is 0.405 e. The van der Waals surface area contributed by atoms with E-state index < -0.39 is 6.36 Å². The Morgan fingerprint density at radius 1 is 1.24 bits per heavy atom. The molecule has 0 unspecified atom stereocenters. The van der Waals surface area contributed by atoms with Gasteiger partial charge in [0.15, 0.2) is 0 Å². The van der Waals surface area contributed by atoms with Gasteiger partial charge in [0, 0.05) is 30.4 Å². The Balaban J connectivity index is 3.22. The number of para-hydroxylation sites is 1. The number of halogens is 3. The molecule has 0 aliphatic heterocycles. The number of nitrogens with zero attached hydrogens (tertiary/aromatic N) is 2. The number of nitrogens with one attached hydrogen (secondary N) is 1. The lowest BCUT2D eigenvalue weighted by Gasteiger charge is -2.23. The molecule has 0 aromatic heterocycles. The molecule has 7 heteroatoms. The van der Waals surface area contributed by atoms with Crippen LogP contribution in [0.3, 0.4) is 0 Å². The molecule has 0 atom stereocenters. The molecule has 29 heavy (non-hydrogen) atoms. The van der Waals surface area contributed by atoms with E-state index in [1.54, 1.807) is 13.0 Å². The summed E-state index contributed by atoms with van der Waals surface area (Å²) in [6, 6.07) is 5.91. The number of ether oxygens (including phenoxy) is 1. The highest BCUT2D eigenvalue weighted by molar-refractivity contribution is 6.01. The van der Waals surface area contributed by atoms with Crippen molar-refractivity contribution in [1.82, 2.24) is 10.2 Å². The van der Waals surface area contributed by atoms with E-state index in [-0.39, 0.29) is 11.3 Å². The molecule has 0 aliphatic carbocycles. The molecule has 0 amide bonds. The van der Waals surface area contributed by atoms with Gasteiger partial charge in [-0.3, -0.25) is 0 Å². The Hall–Kier alpha value is -2.70. The third-order valence-electron chi connectivity index (χ3n) is 4.37. The number of aliphatic imine (C=N–C) groups is 1. The average Bonchev–Trinajstić information content (AvgIpc) is 2.65. The minimum absolute atomic E-state index is 0.253. The maximum atomic E-state index is 12.7. The summed E-state index contributed by atoms with van der Waals surface area (Å²) in [7, 11) is 1.95. The van der Waals surface area contributed by atoms with Crippen molar-refractivity contribution in [3.05, 3.63) is 66.3 Å². The van der Waals surface area contributed by atoms with Crippen molar-refractivity contribution in [2.45, 2.75) is 46.4 Å². The van der Waals surface area contributed by atoms with Gasteiger partial charge in [0.1, 0.15) is 11.6 Å². The van der Waals surface area contributed by atoms with Gasteiger partial charge in [-0.05, 0) is 38.6 Å². The third-order valence-corrected chi connectivity index (χ3v) is 4.37. The van der Waals surface area contributed by atoms with Crippen LogP contribution < -0.4 is 10.1 Å². The lowest BCUT2D eigenvalue weighted by molar-refractivity contribution is -0.274. The minimum atomic E-state index is -4.78. The summed E-state index contributed by atoms with van der Waals surface area (Å²) < 4.78 is 42.2. The zero-order chi connectivity index (χ0) is 22.0. The molecule has 0 bridgehead atoms. The number of rotatable bonds is 11. The Morgan fingerprint density at radius 3 is 2.48 bits per heavy atom. The van der Waals surface area contributed by atoms with E-state index in [9.17, 15) is 13.2 Å². The van der Waals surface area contributed by atoms with Crippen molar-refractivity contribution in [2.24, 2.45) is 4.99 Å². The second-order valence-electron chi connectivity index (χ2n) is 6.64. The highest BCUT2D eigenvalue weighted by Crippen LogP contribution is 2.27. The molecule has 0 aliphatic rings. The molecule has 0 radical (unpaired) electrons. The standard InChI is InChI=1S/C22H30F3N3O/c1-7-9-12-15-28(6)18(5)16(3)21(26-8-2)27-17(4)19-13-10-11-14-20(19)29-22(23,24)25/h8,10-11,13-14,26H,2,5,7,9,12,15H2,1,3-4,6H3/b21-16+,27-17+. The lowest BCUT2D eigenvalue weighted by Crippen LogP contribution is -2.21. The van der Waals surface area contributed by atoms with E-state index in [1.807, 2.05) is 18.9 Å². The van der Waals surface area contributed by atoms with Crippen LogP contribution in [0, 0.1) is 0 Å². The zero-order valence-corrected chi connectivity index (χ0v) is 17.6. The van der Waals surface area contributed by atoms with E-state index >= 15 is 0 Å². The fourth-order valence-electron chi connectivity index (χ4n) is 2.69. The Morgan fingerprint density at radius 2 is 1.90 bits per heavy atom. The molecule has 0 heterocycles. The molecule has 1 aromatic carbocycles. The second kappa shape index (κ2) is 11.3. The van der Waals surface area contributed by atoms with Crippen LogP contribution in [-0.2, 0) is 0 Å². The molecule has 0 saturated heterocycles. The molecular weight excluding hydrogens is 379 g/mol. The first kappa shape index (κ1) is 24.3. The predicted molar refractivity (Wildman–Crippen MR) is 113 cm³/mol. The van der Waals surface area contributed by atoms with E-state index in [4.69, 9.17) is 0 Å². The normalized spacial score (nSPS) is 12.9. The molecule has 160 valence electrons. The number of hydrogen-bond acceptors (Lipinski definition) is 4. The number of unbranched alkanes of at least 4 members (excludes halogenated alkanes) is 2. The van der Waals surface area contributed by atoms with Crippen molar-refractivity contribution in [1.29, 1.82) is 0 Å². The molecule has 0 fully saturated rings. The molecular formula is C22H30F3N3O. The van der Waals surface area contributed by atoms with Gasteiger partial charge in [-0.25, -0.2) is 4.99 Å². The predicted octanol–water partition coefficient (Wildman–Crippen LogP) is 5.99. The van der Waals surface area contributed by atoms with Crippen LogP contribution in [0.1, 0.15) is 45.6 Å². The van der Waals surface area contributed by atoms with Crippen molar-refractivity contribution in [2.75, 3.05) is 13.6 Å². The van der Waals surface area contributed by atoms with E-state index in [0.717, 1.165) is 37.1 Å². The van der Waals surface area contributed by atoms with Crippen molar-refractivity contribution in [3.63, 3.8) is 0 Å². The summed E-state index contributed by atoms with van der Waals surface area (Å²) in [6.07, 6.45) is -0.00140. The lowest BCUT2D eigenvalue weighted by atomic mass is 10.1. The third kappa shape index (κ3) is 8.05. The second-order valence-corrected chi connectivity index (χ2v) is 6.64. The van der Waals surface area contributed by atoms with Crippen LogP contribution in [0.2, 0.25) is 0 Å².